The van der Waals surface area contributed by atoms with Gasteiger partial charge in [-0.25, -0.2) is 0 Å². The van der Waals surface area contributed by atoms with E-state index in [-0.39, 0.29) is 17.9 Å². The van der Waals surface area contributed by atoms with Crippen LogP contribution in [0.4, 0.5) is 0 Å². The Bertz CT molecular complexity index is 899. The van der Waals surface area contributed by atoms with Crippen LogP contribution in [0.15, 0.2) is 54.6 Å². The maximum Gasteiger partial charge on any atom is 0.254 e. The summed E-state index contributed by atoms with van der Waals surface area (Å²) in [7, 11) is 1.93. The van der Waals surface area contributed by atoms with Gasteiger partial charge in [-0.3, -0.25) is 9.59 Å². The second-order valence-corrected chi connectivity index (χ2v) is 8.82. The molecule has 2 aromatic carbocycles. The van der Waals surface area contributed by atoms with Gasteiger partial charge in [0.15, 0.2) is 0 Å². The largest absolute Gasteiger partial charge is 0.341 e. The van der Waals surface area contributed by atoms with E-state index in [0.717, 1.165) is 56.4 Å². The molecular formula is C26H33N3O2. The number of rotatable bonds is 8. The minimum Gasteiger partial charge on any atom is -0.341 e. The van der Waals surface area contributed by atoms with Gasteiger partial charge in [0.05, 0.1) is 0 Å². The number of amides is 2. The van der Waals surface area contributed by atoms with Gasteiger partial charge in [0.1, 0.15) is 0 Å². The molecule has 2 aliphatic rings. The lowest BCUT2D eigenvalue weighted by Gasteiger charge is -2.38. The lowest BCUT2D eigenvalue weighted by atomic mass is 10.0. The fraction of sp³-hybridized carbons (Fsp3) is 0.462. The van der Waals surface area contributed by atoms with E-state index < -0.39 is 0 Å². The van der Waals surface area contributed by atoms with Crippen LogP contribution in [0, 0.1) is 0 Å². The van der Waals surface area contributed by atoms with E-state index in [1.165, 1.54) is 5.56 Å². The number of carbonyl (C=O) groups excluding carboxylic acids is 2. The number of benzene rings is 2. The Labute approximate surface area is 185 Å². The molecule has 31 heavy (non-hydrogen) atoms. The van der Waals surface area contributed by atoms with Crippen LogP contribution in [0.25, 0.3) is 0 Å². The van der Waals surface area contributed by atoms with Crippen LogP contribution in [0.2, 0.25) is 0 Å². The van der Waals surface area contributed by atoms with E-state index >= 15 is 0 Å². The molecule has 0 unspecified atom stereocenters. The summed E-state index contributed by atoms with van der Waals surface area (Å²) in [4.78, 5) is 31.6. The molecule has 0 bridgehead atoms. The summed E-state index contributed by atoms with van der Waals surface area (Å²) in [5, 5.41) is 0. The molecular weight excluding hydrogens is 386 g/mol. The molecule has 0 spiro atoms. The number of carbonyl (C=O) groups is 2. The first-order chi connectivity index (χ1) is 15.1. The zero-order valence-electron chi connectivity index (χ0n) is 18.5. The molecule has 4 rings (SSSR count). The zero-order valence-corrected chi connectivity index (χ0v) is 18.5. The highest BCUT2D eigenvalue weighted by Gasteiger charge is 2.29. The fourth-order valence-corrected chi connectivity index (χ4v) is 4.81. The number of piperidine rings is 1. The molecule has 2 amide bonds. The summed E-state index contributed by atoms with van der Waals surface area (Å²) >= 11 is 0. The third-order valence-corrected chi connectivity index (χ3v) is 6.70. The third-order valence-electron chi connectivity index (χ3n) is 6.70. The molecule has 0 saturated carbocycles. The standard InChI is InChI=1S/C26H33N3O2/c1-27(25(30)15-18-29-19-22-12-5-6-14-24(22)26(29)31)23-13-8-17-28(20-23)16-7-11-21-9-3-2-4-10-21/h2-6,9-10,12,14,23H,7-8,11,13,15-20H2,1H3/t23-/m0/s1. The molecule has 1 saturated heterocycles. The van der Waals surface area contributed by atoms with Gasteiger partial charge in [0.2, 0.25) is 5.91 Å². The monoisotopic (exact) mass is 419 g/mol. The van der Waals surface area contributed by atoms with Crippen molar-refractivity contribution in [3.8, 4) is 0 Å². The van der Waals surface area contributed by atoms with E-state index in [1.807, 2.05) is 36.2 Å². The Morgan fingerprint density at radius 1 is 1.06 bits per heavy atom. The Morgan fingerprint density at radius 2 is 1.84 bits per heavy atom. The van der Waals surface area contributed by atoms with Crippen LogP contribution in [-0.4, -0.2) is 65.8 Å². The van der Waals surface area contributed by atoms with Crippen molar-refractivity contribution in [2.45, 2.75) is 44.7 Å². The lowest BCUT2D eigenvalue weighted by molar-refractivity contribution is -0.133. The Hall–Kier alpha value is -2.66. The Morgan fingerprint density at radius 3 is 2.65 bits per heavy atom. The molecule has 5 nitrogen and oxygen atoms in total. The topological polar surface area (TPSA) is 43.9 Å². The average molecular weight is 420 g/mol. The number of nitrogens with zero attached hydrogens (tertiary/aromatic N) is 3. The van der Waals surface area contributed by atoms with Crippen LogP contribution >= 0.6 is 0 Å². The predicted octanol–water partition coefficient (Wildman–Crippen LogP) is 3.59. The van der Waals surface area contributed by atoms with Crippen LogP contribution in [-0.2, 0) is 17.8 Å². The van der Waals surface area contributed by atoms with Crippen molar-refractivity contribution in [2.24, 2.45) is 0 Å². The maximum atomic E-state index is 12.9. The van der Waals surface area contributed by atoms with Gasteiger partial charge >= 0.3 is 0 Å². The summed E-state index contributed by atoms with van der Waals surface area (Å²) in [5.74, 6) is 0.188. The summed E-state index contributed by atoms with van der Waals surface area (Å²) in [5.41, 5.74) is 3.23. The van der Waals surface area contributed by atoms with E-state index in [9.17, 15) is 9.59 Å². The van der Waals surface area contributed by atoms with Gasteiger partial charge in [-0.1, -0.05) is 48.5 Å². The van der Waals surface area contributed by atoms with Crippen LogP contribution in [0.3, 0.4) is 0 Å². The first kappa shape index (κ1) is 21.6. The molecule has 0 aromatic heterocycles. The molecule has 1 atom stereocenters. The number of aryl methyl sites for hydroxylation is 1. The van der Waals surface area contributed by atoms with Crippen molar-refractivity contribution in [3.63, 3.8) is 0 Å². The smallest absolute Gasteiger partial charge is 0.254 e. The Balaban J connectivity index is 1.21. The zero-order chi connectivity index (χ0) is 21.6. The number of likely N-dealkylation sites (tertiary alicyclic amines) is 1. The highest BCUT2D eigenvalue weighted by atomic mass is 16.2. The van der Waals surface area contributed by atoms with Crippen LogP contribution < -0.4 is 0 Å². The summed E-state index contributed by atoms with van der Waals surface area (Å²) < 4.78 is 0. The quantitative estimate of drug-likeness (QED) is 0.657. The molecule has 2 aromatic rings. The number of fused-ring (bicyclic) bond motifs is 1. The van der Waals surface area contributed by atoms with Crippen molar-refractivity contribution in [3.05, 3.63) is 71.3 Å². The molecule has 1 fully saturated rings. The number of hydrogen-bond acceptors (Lipinski definition) is 3. The Kier molecular flexibility index (Phi) is 7.03. The van der Waals surface area contributed by atoms with E-state index in [4.69, 9.17) is 0 Å². The predicted molar refractivity (Wildman–Crippen MR) is 123 cm³/mol. The highest BCUT2D eigenvalue weighted by molar-refractivity contribution is 5.98. The van der Waals surface area contributed by atoms with Gasteiger partial charge in [-0.2, -0.15) is 0 Å². The second kappa shape index (κ2) is 10.1. The maximum absolute atomic E-state index is 12.9. The van der Waals surface area contributed by atoms with Crippen LogP contribution in [0.1, 0.15) is 47.2 Å². The first-order valence-corrected chi connectivity index (χ1v) is 11.5. The molecule has 0 aliphatic carbocycles. The minimum atomic E-state index is 0.0494. The normalized spacial score (nSPS) is 18.8. The molecule has 0 N–H and O–H groups in total. The van der Waals surface area contributed by atoms with Crippen molar-refractivity contribution >= 4 is 11.8 Å². The summed E-state index contributed by atoms with van der Waals surface area (Å²) in [6.07, 6.45) is 4.83. The van der Waals surface area contributed by atoms with E-state index in [1.54, 1.807) is 4.90 Å². The molecule has 5 heteroatoms. The fourth-order valence-electron chi connectivity index (χ4n) is 4.81. The van der Waals surface area contributed by atoms with E-state index in [0.29, 0.717) is 19.5 Å². The van der Waals surface area contributed by atoms with Gasteiger partial charge in [0.25, 0.3) is 5.91 Å². The number of hydrogen-bond donors (Lipinski definition) is 0. The molecule has 2 aliphatic heterocycles. The van der Waals surface area contributed by atoms with Crippen molar-refractivity contribution in [1.29, 1.82) is 0 Å². The van der Waals surface area contributed by atoms with Gasteiger partial charge < -0.3 is 14.7 Å². The van der Waals surface area contributed by atoms with Crippen molar-refractivity contribution in [2.75, 3.05) is 33.2 Å². The SMILES string of the molecule is CN(C(=O)CCN1Cc2ccccc2C1=O)[C@H]1CCCN(CCCc2ccccc2)C1. The molecule has 2 heterocycles. The summed E-state index contributed by atoms with van der Waals surface area (Å²) in [6.45, 7) is 4.25. The molecule has 0 radical (unpaired) electrons. The first-order valence-electron chi connectivity index (χ1n) is 11.5. The van der Waals surface area contributed by atoms with Crippen molar-refractivity contribution < 1.29 is 9.59 Å². The third kappa shape index (κ3) is 5.34. The summed E-state index contributed by atoms with van der Waals surface area (Å²) in [6, 6.07) is 18.6. The average Bonchev–Trinajstić information content (AvgIpc) is 3.13. The van der Waals surface area contributed by atoms with E-state index in [2.05, 4.69) is 35.2 Å². The second-order valence-electron chi connectivity index (χ2n) is 8.82. The number of likely N-dealkylation sites (N-methyl/N-ethyl adjacent to an activating group) is 1. The van der Waals surface area contributed by atoms with Crippen molar-refractivity contribution in [1.82, 2.24) is 14.7 Å². The minimum absolute atomic E-state index is 0.0494. The highest BCUT2D eigenvalue weighted by Crippen LogP contribution is 2.23. The van der Waals surface area contributed by atoms with Gasteiger partial charge in [0, 0.05) is 44.7 Å². The van der Waals surface area contributed by atoms with Gasteiger partial charge in [-0.15, -0.1) is 0 Å². The van der Waals surface area contributed by atoms with Crippen LogP contribution in [0.5, 0.6) is 0 Å². The lowest BCUT2D eigenvalue weighted by Crippen LogP contribution is -2.49. The molecule has 164 valence electrons. The van der Waals surface area contributed by atoms with Gasteiger partial charge in [-0.05, 0) is 56.0 Å².